The van der Waals surface area contributed by atoms with Crippen molar-refractivity contribution in [1.29, 1.82) is 0 Å². The third-order valence-corrected chi connectivity index (χ3v) is 3.47. The van der Waals surface area contributed by atoms with Crippen molar-refractivity contribution in [1.82, 2.24) is 5.32 Å². The van der Waals surface area contributed by atoms with E-state index in [9.17, 15) is 4.79 Å². The first kappa shape index (κ1) is 12.5. The SMILES string of the molecule is CCCCC(CC)C(=O)NC1CCCC1. The average molecular weight is 211 g/mol. The Labute approximate surface area is 93.8 Å². The molecular formula is C13H25NO. The van der Waals surface area contributed by atoms with Crippen molar-refractivity contribution in [2.45, 2.75) is 71.3 Å². The van der Waals surface area contributed by atoms with Crippen molar-refractivity contribution in [2.24, 2.45) is 5.92 Å². The quantitative estimate of drug-likeness (QED) is 0.718. The minimum atomic E-state index is 0.255. The first-order valence-corrected chi connectivity index (χ1v) is 6.58. The van der Waals surface area contributed by atoms with E-state index in [4.69, 9.17) is 0 Å². The van der Waals surface area contributed by atoms with Crippen molar-refractivity contribution in [3.8, 4) is 0 Å². The maximum absolute atomic E-state index is 11.9. The van der Waals surface area contributed by atoms with Gasteiger partial charge in [-0.15, -0.1) is 0 Å². The van der Waals surface area contributed by atoms with Crippen LogP contribution >= 0.6 is 0 Å². The highest BCUT2D eigenvalue weighted by atomic mass is 16.1. The van der Waals surface area contributed by atoms with Gasteiger partial charge in [-0.05, 0) is 25.7 Å². The van der Waals surface area contributed by atoms with Crippen LogP contribution in [0.4, 0.5) is 0 Å². The summed E-state index contributed by atoms with van der Waals surface area (Å²) in [6, 6.07) is 0.480. The number of hydrogen-bond donors (Lipinski definition) is 1. The fourth-order valence-electron chi connectivity index (χ4n) is 2.36. The van der Waals surface area contributed by atoms with E-state index in [-0.39, 0.29) is 5.92 Å². The lowest BCUT2D eigenvalue weighted by atomic mass is 9.98. The highest BCUT2D eigenvalue weighted by molar-refractivity contribution is 5.78. The minimum absolute atomic E-state index is 0.255. The van der Waals surface area contributed by atoms with Gasteiger partial charge in [0.25, 0.3) is 0 Å². The molecule has 2 nitrogen and oxygen atoms in total. The molecule has 1 saturated carbocycles. The summed E-state index contributed by atoms with van der Waals surface area (Å²) in [5.74, 6) is 0.559. The fraction of sp³-hybridized carbons (Fsp3) is 0.923. The van der Waals surface area contributed by atoms with E-state index < -0.39 is 0 Å². The van der Waals surface area contributed by atoms with E-state index in [1.807, 2.05) is 0 Å². The number of rotatable bonds is 6. The Morgan fingerprint density at radius 2 is 2.00 bits per heavy atom. The summed E-state index contributed by atoms with van der Waals surface area (Å²) in [5.41, 5.74) is 0. The number of carbonyl (C=O) groups is 1. The standard InChI is InChI=1S/C13H25NO/c1-3-5-8-11(4-2)13(15)14-12-9-6-7-10-12/h11-12H,3-10H2,1-2H3,(H,14,15). The summed E-state index contributed by atoms with van der Waals surface area (Å²) in [5, 5.41) is 3.20. The van der Waals surface area contributed by atoms with Crippen LogP contribution in [-0.4, -0.2) is 11.9 Å². The first-order valence-electron chi connectivity index (χ1n) is 6.58. The third kappa shape index (κ3) is 4.23. The molecule has 0 saturated heterocycles. The van der Waals surface area contributed by atoms with Crippen LogP contribution in [0.2, 0.25) is 0 Å². The molecule has 88 valence electrons. The van der Waals surface area contributed by atoms with Crippen molar-refractivity contribution in [3.63, 3.8) is 0 Å². The molecule has 2 heteroatoms. The maximum Gasteiger partial charge on any atom is 0.223 e. The van der Waals surface area contributed by atoms with Gasteiger partial charge in [0.2, 0.25) is 5.91 Å². The van der Waals surface area contributed by atoms with Crippen molar-refractivity contribution in [2.75, 3.05) is 0 Å². The molecular weight excluding hydrogens is 186 g/mol. The van der Waals surface area contributed by atoms with Gasteiger partial charge in [0.05, 0.1) is 0 Å². The maximum atomic E-state index is 11.9. The first-order chi connectivity index (χ1) is 7.27. The molecule has 1 N–H and O–H groups in total. The Bertz CT molecular complexity index is 185. The van der Waals surface area contributed by atoms with E-state index in [0.717, 1.165) is 12.8 Å². The van der Waals surface area contributed by atoms with E-state index in [1.54, 1.807) is 0 Å². The second-order valence-electron chi connectivity index (χ2n) is 4.74. The van der Waals surface area contributed by atoms with Crippen molar-refractivity contribution >= 4 is 5.91 Å². The van der Waals surface area contributed by atoms with E-state index >= 15 is 0 Å². The lowest BCUT2D eigenvalue weighted by Gasteiger charge is -2.18. The van der Waals surface area contributed by atoms with Gasteiger partial charge in [0.1, 0.15) is 0 Å². The molecule has 1 aliphatic carbocycles. The molecule has 0 spiro atoms. The fourth-order valence-corrected chi connectivity index (χ4v) is 2.36. The molecule has 15 heavy (non-hydrogen) atoms. The number of hydrogen-bond acceptors (Lipinski definition) is 1. The highest BCUT2D eigenvalue weighted by Gasteiger charge is 2.21. The molecule has 0 aromatic heterocycles. The van der Waals surface area contributed by atoms with Gasteiger partial charge in [0.15, 0.2) is 0 Å². The van der Waals surface area contributed by atoms with Gasteiger partial charge in [-0.25, -0.2) is 0 Å². The molecule has 0 bridgehead atoms. The van der Waals surface area contributed by atoms with Gasteiger partial charge < -0.3 is 5.32 Å². The summed E-state index contributed by atoms with van der Waals surface area (Å²) in [7, 11) is 0. The normalized spacial score (nSPS) is 19.1. The van der Waals surface area contributed by atoms with E-state index in [1.165, 1.54) is 38.5 Å². The smallest absolute Gasteiger partial charge is 0.223 e. The van der Waals surface area contributed by atoms with Gasteiger partial charge in [-0.2, -0.15) is 0 Å². The number of unbranched alkanes of at least 4 members (excludes halogenated alkanes) is 1. The number of amides is 1. The van der Waals surface area contributed by atoms with Crippen LogP contribution < -0.4 is 5.32 Å². The van der Waals surface area contributed by atoms with Crippen molar-refractivity contribution < 1.29 is 4.79 Å². The zero-order chi connectivity index (χ0) is 11.1. The Kier molecular flexibility index (Phi) is 5.74. The number of nitrogens with one attached hydrogen (secondary N) is 1. The Hall–Kier alpha value is -0.530. The molecule has 1 unspecified atom stereocenters. The van der Waals surface area contributed by atoms with Gasteiger partial charge in [0, 0.05) is 12.0 Å². The average Bonchev–Trinajstić information content (AvgIpc) is 2.71. The molecule has 0 heterocycles. The molecule has 1 aliphatic rings. The lowest BCUT2D eigenvalue weighted by Crippen LogP contribution is -2.37. The summed E-state index contributed by atoms with van der Waals surface area (Å²) < 4.78 is 0. The monoisotopic (exact) mass is 211 g/mol. The van der Waals surface area contributed by atoms with Crippen molar-refractivity contribution in [3.05, 3.63) is 0 Å². The molecule has 0 aromatic carbocycles. The molecule has 0 aliphatic heterocycles. The van der Waals surface area contributed by atoms with Crippen LogP contribution in [0.15, 0.2) is 0 Å². The van der Waals surface area contributed by atoms with Gasteiger partial charge in [-0.1, -0.05) is 39.5 Å². The van der Waals surface area contributed by atoms with Crippen LogP contribution in [0.25, 0.3) is 0 Å². The van der Waals surface area contributed by atoms with Gasteiger partial charge in [-0.3, -0.25) is 4.79 Å². The minimum Gasteiger partial charge on any atom is -0.353 e. The molecule has 1 atom stereocenters. The van der Waals surface area contributed by atoms with E-state index in [2.05, 4.69) is 19.2 Å². The molecule has 0 aromatic rings. The molecule has 0 radical (unpaired) electrons. The molecule has 1 amide bonds. The predicted molar refractivity (Wildman–Crippen MR) is 63.7 cm³/mol. The Morgan fingerprint density at radius 1 is 1.33 bits per heavy atom. The van der Waals surface area contributed by atoms with E-state index in [0.29, 0.717) is 11.9 Å². The van der Waals surface area contributed by atoms with Crippen LogP contribution in [0.1, 0.15) is 65.2 Å². The summed E-state index contributed by atoms with van der Waals surface area (Å²) >= 11 is 0. The summed E-state index contributed by atoms with van der Waals surface area (Å²) in [6.45, 7) is 4.30. The van der Waals surface area contributed by atoms with Crippen LogP contribution in [-0.2, 0) is 4.79 Å². The molecule has 1 rings (SSSR count). The summed E-state index contributed by atoms with van der Waals surface area (Å²) in [6.07, 6.45) is 9.37. The Morgan fingerprint density at radius 3 is 2.53 bits per heavy atom. The van der Waals surface area contributed by atoms with Crippen LogP contribution in [0.3, 0.4) is 0 Å². The lowest BCUT2D eigenvalue weighted by molar-refractivity contribution is -0.126. The third-order valence-electron chi connectivity index (χ3n) is 3.47. The van der Waals surface area contributed by atoms with Crippen LogP contribution in [0.5, 0.6) is 0 Å². The van der Waals surface area contributed by atoms with Crippen LogP contribution in [0, 0.1) is 5.92 Å². The molecule has 1 fully saturated rings. The second-order valence-corrected chi connectivity index (χ2v) is 4.74. The predicted octanol–water partition coefficient (Wildman–Crippen LogP) is 3.26. The zero-order valence-electron chi connectivity index (χ0n) is 10.2. The largest absolute Gasteiger partial charge is 0.353 e. The summed E-state index contributed by atoms with van der Waals surface area (Å²) in [4.78, 5) is 11.9. The number of carbonyl (C=O) groups excluding carboxylic acids is 1. The topological polar surface area (TPSA) is 29.1 Å². The highest BCUT2D eigenvalue weighted by Crippen LogP contribution is 2.19. The Balaban J connectivity index is 2.28. The zero-order valence-corrected chi connectivity index (χ0v) is 10.2. The second kappa shape index (κ2) is 6.86. The van der Waals surface area contributed by atoms with Gasteiger partial charge >= 0.3 is 0 Å².